The molecule has 7 amide bonds. The lowest BCUT2D eigenvalue weighted by molar-refractivity contribution is -0.142. The summed E-state index contributed by atoms with van der Waals surface area (Å²) in [6, 6.07) is -2.64. The summed E-state index contributed by atoms with van der Waals surface area (Å²) >= 11 is 0. The topological polar surface area (TPSA) is 339 Å². The number of hydrogen-bond acceptors (Lipinski definition) is 11. The molecule has 0 radical (unpaired) electrons. The molecule has 0 unspecified atom stereocenters. The molecule has 1 saturated heterocycles. The van der Waals surface area contributed by atoms with Gasteiger partial charge in [-0.2, -0.15) is 0 Å². The number of nitrogens with one attached hydrogen (secondary N) is 6. The van der Waals surface area contributed by atoms with E-state index in [2.05, 4.69) is 31.9 Å². The van der Waals surface area contributed by atoms with Gasteiger partial charge in [-0.3, -0.25) is 38.4 Å². The van der Waals surface area contributed by atoms with E-state index in [0.717, 1.165) is 0 Å². The van der Waals surface area contributed by atoms with Crippen molar-refractivity contribution in [1.29, 1.82) is 0 Å². The number of unbranched alkanes of at least 4 members (excludes halogenated alkanes) is 1. The predicted octanol–water partition coefficient (Wildman–Crippen LogP) is -2.36. The lowest BCUT2D eigenvalue weighted by atomic mass is 10.00. The number of aliphatic carboxylic acids is 2. The molecule has 0 aromatic heterocycles. The summed E-state index contributed by atoms with van der Waals surface area (Å²) in [5, 5.41) is 43.4. The van der Waals surface area contributed by atoms with Crippen LogP contribution in [0.5, 0.6) is 5.75 Å². The molecule has 55 heavy (non-hydrogen) atoms. The number of phenols is 1. The largest absolute Gasteiger partial charge is 0.508 e. The Morgan fingerprint density at radius 1 is 0.782 bits per heavy atom. The van der Waals surface area contributed by atoms with E-state index in [0.29, 0.717) is 18.4 Å². The van der Waals surface area contributed by atoms with E-state index >= 15 is 0 Å². The number of rotatable bonds is 24. The van der Waals surface area contributed by atoms with E-state index in [-0.39, 0.29) is 56.2 Å². The summed E-state index contributed by atoms with van der Waals surface area (Å²) in [5.41, 5.74) is 11.2. The van der Waals surface area contributed by atoms with Gasteiger partial charge in [0.1, 0.15) is 42.0 Å². The van der Waals surface area contributed by atoms with E-state index in [1.165, 1.54) is 24.3 Å². The van der Waals surface area contributed by atoms with Crippen molar-refractivity contribution in [2.75, 3.05) is 6.54 Å². The first kappa shape index (κ1) is 45.4. The molecule has 1 heterocycles. The fourth-order valence-corrected chi connectivity index (χ4v) is 5.65. The third-order valence-electron chi connectivity index (χ3n) is 8.54. The third-order valence-corrected chi connectivity index (χ3v) is 8.54. The first-order chi connectivity index (χ1) is 25.9. The molecule has 1 aliphatic heterocycles. The summed E-state index contributed by atoms with van der Waals surface area (Å²) in [5.74, 6) is -8.87. The smallest absolute Gasteiger partial charge is 0.326 e. The fraction of sp³-hybridized carbons (Fsp3) is 0.571. The van der Waals surface area contributed by atoms with Gasteiger partial charge in [0.15, 0.2) is 0 Å². The average molecular weight is 777 g/mol. The number of aromatic hydroxyl groups is 1. The molecule has 0 spiro atoms. The van der Waals surface area contributed by atoms with Gasteiger partial charge in [0.25, 0.3) is 0 Å². The number of hydrogen-bond donors (Lipinski definition) is 11. The van der Waals surface area contributed by atoms with Gasteiger partial charge in [0.05, 0.1) is 6.42 Å². The van der Waals surface area contributed by atoms with Crippen molar-refractivity contribution < 1.29 is 58.5 Å². The maximum atomic E-state index is 13.9. The van der Waals surface area contributed by atoms with Crippen LogP contribution in [-0.4, -0.2) is 111 Å². The van der Waals surface area contributed by atoms with Crippen LogP contribution in [0, 0.1) is 5.92 Å². The highest BCUT2D eigenvalue weighted by Gasteiger charge is 2.35. The molecule has 0 aliphatic carbocycles. The lowest BCUT2D eigenvalue weighted by Crippen LogP contribution is -2.60. The van der Waals surface area contributed by atoms with Crippen LogP contribution in [0.15, 0.2) is 24.3 Å². The summed E-state index contributed by atoms with van der Waals surface area (Å²) in [4.78, 5) is 114. The molecule has 1 fully saturated rings. The predicted molar refractivity (Wildman–Crippen MR) is 193 cm³/mol. The van der Waals surface area contributed by atoms with Crippen molar-refractivity contribution in [2.45, 2.75) is 114 Å². The van der Waals surface area contributed by atoms with Crippen LogP contribution in [0.4, 0.5) is 0 Å². The van der Waals surface area contributed by atoms with E-state index in [1.54, 1.807) is 13.8 Å². The third kappa shape index (κ3) is 16.4. The Morgan fingerprint density at radius 3 is 1.89 bits per heavy atom. The zero-order valence-electron chi connectivity index (χ0n) is 30.8. The van der Waals surface area contributed by atoms with Crippen LogP contribution in [-0.2, 0) is 49.6 Å². The van der Waals surface area contributed by atoms with Crippen molar-refractivity contribution in [3.05, 3.63) is 29.8 Å². The minimum Gasteiger partial charge on any atom is -0.508 e. The Morgan fingerprint density at radius 2 is 1.35 bits per heavy atom. The van der Waals surface area contributed by atoms with Crippen LogP contribution < -0.4 is 43.4 Å². The number of primary amides is 1. The van der Waals surface area contributed by atoms with Gasteiger partial charge in [-0.05, 0) is 68.7 Å². The number of carbonyl (C=O) groups excluding carboxylic acids is 7. The van der Waals surface area contributed by atoms with E-state index in [1.807, 2.05) is 0 Å². The molecule has 6 atom stereocenters. The van der Waals surface area contributed by atoms with Gasteiger partial charge in [0, 0.05) is 19.3 Å². The summed E-state index contributed by atoms with van der Waals surface area (Å²) in [6.07, 6.45) is -0.869. The molecule has 0 bridgehead atoms. The van der Waals surface area contributed by atoms with Gasteiger partial charge in [0.2, 0.25) is 41.4 Å². The fourth-order valence-electron chi connectivity index (χ4n) is 5.65. The number of phenolic OH excluding ortho intramolecular Hbond substituents is 1. The van der Waals surface area contributed by atoms with Crippen molar-refractivity contribution in [3.8, 4) is 5.75 Å². The first-order valence-corrected chi connectivity index (χ1v) is 17.9. The van der Waals surface area contributed by atoms with E-state index in [4.69, 9.17) is 11.5 Å². The molecule has 0 saturated carbocycles. The van der Waals surface area contributed by atoms with Gasteiger partial charge in [-0.1, -0.05) is 26.0 Å². The monoisotopic (exact) mass is 776 g/mol. The summed E-state index contributed by atoms with van der Waals surface area (Å²) < 4.78 is 0. The zero-order chi connectivity index (χ0) is 41.2. The van der Waals surface area contributed by atoms with Crippen molar-refractivity contribution in [1.82, 2.24) is 31.9 Å². The highest BCUT2D eigenvalue weighted by molar-refractivity contribution is 5.98. The number of benzene rings is 1. The number of carboxylic acid groups (broad SMARTS) is 2. The number of nitrogens with two attached hydrogens (primary N) is 2. The average Bonchev–Trinajstić information content (AvgIpc) is 3.55. The maximum Gasteiger partial charge on any atom is 0.326 e. The number of carbonyl (C=O) groups is 9. The second kappa shape index (κ2) is 22.4. The molecule has 20 nitrogen and oxygen atoms in total. The van der Waals surface area contributed by atoms with Crippen LogP contribution in [0.3, 0.4) is 0 Å². The highest BCUT2D eigenvalue weighted by Crippen LogP contribution is 2.14. The Bertz CT molecular complexity index is 1550. The highest BCUT2D eigenvalue weighted by atomic mass is 16.4. The van der Waals surface area contributed by atoms with Crippen molar-refractivity contribution in [3.63, 3.8) is 0 Å². The van der Waals surface area contributed by atoms with Gasteiger partial charge in [-0.15, -0.1) is 0 Å². The molecule has 1 aromatic rings. The van der Waals surface area contributed by atoms with E-state index in [9.17, 15) is 58.5 Å². The Balaban J connectivity index is 2.37. The van der Waals surface area contributed by atoms with Crippen LogP contribution in [0.25, 0.3) is 0 Å². The maximum absolute atomic E-state index is 13.9. The molecule has 304 valence electrons. The van der Waals surface area contributed by atoms with Crippen LogP contribution >= 0.6 is 0 Å². The van der Waals surface area contributed by atoms with Gasteiger partial charge < -0.3 is 58.7 Å². The second-order valence-corrected chi connectivity index (χ2v) is 13.7. The van der Waals surface area contributed by atoms with Gasteiger partial charge >= 0.3 is 11.9 Å². The summed E-state index contributed by atoms with van der Waals surface area (Å²) in [7, 11) is 0. The lowest BCUT2D eigenvalue weighted by Gasteiger charge is -2.27. The molecule has 2 rings (SSSR count). The Kier molecular flexibility index (Phi) is 18.5. The van der Waals surface area contributed by atoms with Crippen molar-refractivity contribution >= 4 is 53.3 Å². The minimum absolute atomic E-state index is 0.0141. The quantitative estimate of drug-likeness (QED) is 0.0490. The van der Waals surface area contributed by atoms with Gasteiger partial charge in [-0.25, -0.2) is 4.79 Å². The van der Waals surface area contributed by atoms with E-state index < -0.39 is 103 Å². The SMILES string of the molecule is CC(C)C[C@H](NC(=O)[C@@H]1CCC(=O)N1)C(=O)N[C@H](Cc1ccc(O)cc1)C(=O)N[C@H](CCC(=O)O)C(=O)N[C@@H](CC(N)=O)C(=O)N[C@H](CCCCN)C(=O)O. The summed E-state index contributed by atoms with van der Waals surface area (Å²) in [6.45, 7) is 3.87. The Labute approximate surface area is 317 Å². The normalized spacial score (nSPS) is 16.4. The molecular formula is C35H52N8O12. The molecule has 20 heteroatoms. The molecular weight excluding hydrogens is 724 g/mol. The standard InChI is InChI=1S/C35H52N8O12/c1-18(2)15-24(41-30(49)21-10-12-28(46)38-21)32(51)42-25(16-19-6-8-20(44)9-7-19)33(52)39-22(11-13-29(47)48)31(50)43-26(17-27(37)45)34(53)40-23(35(54)55)5-3-4-14-36/h6-9,18,21-26,44H,3-5,10-17,36H2,1-2H3,(H2,37,45)(H,38,46)(H,39,52)(H,40,53)(H,41,49)(H,42,51)(H,43,50)(H,47,48)(H,54,55)/t21-,22+,23+,24-,25+,26-/m0/s1. The molecule has 1 aromatic carbocycles. The minimum atomic E-state index is -1.72. The number of carboxylic acids is 2. The van der Waals surface area contributed by atoms with Crippen molar-refractivity contribution in [2.24, 2.45) is 17.4 Å². The number of amides is 7. The van der Waals surface area contributed by atoms with Crippen LogP contribution in [0.2, 0.25) is 0 Å². The van der Waals surface area contributed by atoms with Crippen LogP contribution in [0.1, 0.15) is 77.2 Å². The Hall–Kier alpha value is -5.79. The first-order valence-electron chi connectivity index (χ1n) is 17.9. The molecule has 1 aliphatic rings. The molecule has 13 N–H and O–H groups in total. The second-order valence-electron chi connectivity index (χ2n) is 13.7. The zero-order valence-corrected chi connectivity index (χ0v) is 30.8.